The molecular weight excluding hydrogens is 274 g/mol. The van der Waals surface area contributed by atoms with Crippen LogP contribution in [0.2, 0.25) is 0 Å². The summed E-state index contributed by atoms with van der Waals surface area (Å²) in [6, 6.07) is 10.9. The summed E-state index contributed by atoms with van der Waals surface area (Å²) in [7, 11) is 0. The third kappa shape index (κ3) is 1.99. The van der Waals surface area contributed by atoms with Gasteiger partial charge in [-0.05, 0) is 42.4 Å². The van der Waals surface area contributed by atoms with E-state index in [1.165, 1.54) is 30.2 Å². The number of aromatic nitrogens is 1. The summed E-state index contributed by atoms with van der Waals surface area (Å²) >= 11 is 3.75. The van der Waals surface area contributed by atoms with Crippen LogP contribution in [0.4, 0.5) is 0 Å². The second-order valence-corrected chi connectivity index (χ2v) is 6.61. The van der Waals surface area contributed by atoms with E-state index in [9.17, 15) is 0 Å². The standard InChI is InChI=1S/C15H16BrN/c1-15(7-6-13(16)10-15)12-5-4-11-3-2-8-17-14(11)9-12/h2-5,8-9,13H,6-7,10H2,1H3. The molecule has 17 heavy (non-hydrogen) atoms. The van der Waals surface area contributed by atoms with Crippen LogP contribution in [0.3, 0.4) is 0 Å². The number of rotatable bonds is 1. The number of fused-ring (bicyclic) bond motifs is 1. The lowest BCUT2D eigenvalue weighted by molar-refractivity contribution is 0.493. The first-order valence-corrected chi connectivity index (χ1v) is 7.08. The van der Waals surface area contributed by atoms with Crippen molar-refractivity contribution in [3.8, 4) is 0 Å². The van der Waals surface area contributed by atoms with Gasteiger partial charge in [-0.1, -0.05) is 41.1 Å². The van der Waals surface area contributed by atoms with Gasteiger partial charge in [0.2, 0.25) is 0 Å². The zero-order chi connectivity index (χ0) is 11.9. The first kappa shape index (κ1) is 11.2. The number of alkyl halides is 1. The second kappa shape index (κ2) is 4.09. The third-order valence-corrected chi connectivity index (χ3v) is 4.77. The van der Waals surface area contributed by atoms with Crippen LogP contribution in [0.15, 0.2) is 36.5 Å². The van der Waals surface area contributed by atoms with E-state index in [0.29, 0.717) is 10.2 Å². The van der Waals surface area contributed by atoms with Crippen molar-refractivity contribution < 1.29 is 0 Å². The Hall–Kier alpha value is -0.890. The Bertz CT molecular complexity index is 551. The highest BCUT2D eigenvalue weighted by Gasteiger charge is 2.35. The number of benzene rings is 1. The monoisotopic (exact) mass is 289 g/mol. The maximum atomic E-state index is 4.45. The normalized spacial score (nSPS) is 28.7. The van der Waals surface area contributed by atoms with E-state index in [1.807, 2.05) is 12.3 Å². The molecule has 1 nitrogen and oxygen atoms in total. The maximum Gasteiger partial charge on any atom is 0.0704 e. The highest BCUT2D eigenvalue weighted by Crippen LogP contribution is 2.43. The Balaban J connectivity index is 2.06. The fourth-order valence-corrected chi connectivity index (χ4v) is 3.82. The van der Waals surface area contributed by atoms with Gasteiger partial charge in [-0.2, -0.15) is 0 Å². The van der Waals surface area contributed by atoms with E-state index in [0.717, 1.165) is 5.52 Å². The lowest BCUT2D eigenvalue weighted by Gasteiger charge is -2.24. The van der Waals surface area contributed by atoms with Crippen LogP contribution in [0.1, 0.15) is 31.7 Å². The molecule has 0 spiro atoms. The molecule has 0 saturated heterocycles. The largest absolute Gasteiger partial charge is 0.256 e. The molecule has 0 N–H and O–H groups in total. The Kier molecular flexibility index (Phi) is 2.70. The summed E-state index contributed by atoms with van der Waals surface area (Å²) in [6.45, 7) is 2.37. The number of nitrogens with zero attached hydrogens (tertiary/aromatic N) is 1. The summed E-state index contributed by atoms with van der Waals surface area (Å²) in [4.78, 5) is 5.12. The van der Waals surface area contributed by atoms with E-state index in [-0.39, 0.29) is 0 Å². The highest BCUT2D eigenvalue weighted by molar-refractivity contribution is 9.09. The van der Waals surface area contributed by atoms with Gasteiger partial charge in [0.15, 0.2) is 0 Å². The van der Waals surface area contributed by atoms with Crippen molar-refractivity contribution in [1.29, 1.82) is 0 Å². The van der Waals surface area contributed by atoms with E-state index >= 15 is 0 Å². The van der Waals surface area contributed by atoms with Gasteiger partial charge in [0, 0.05) is 16.4 Å². The minimum atomic E-state index is 0.319. The van der Waals surface area contributed by atoms with Gasteiger partial charge in [0.05, 0.1) is 5.52 Å². The van der Waals surface area contributed by atoms with Crippen molar-refractivity contribution in [3.63, 3.8) is 0 Å². The van der Waals surface area contributed by atoms with E-state index < -0.39 is 0 Å². The number of halogens is 1. The predicted octanol–water partition coefficient (Wildman–Crippen LogP) is 4.44. The molecule has 88 valence electrons. The molecule has 1 aromatic carbocycles. The molecule has 2 unspecified atom stereocenters. The summed E-state index contributed by atoms with van der Waals surface area (Å²) in [5, 5.41) is 1.23. The van der Waals surface area contributed by atoms with Crippen LogP contribution in [-0.4, -0.2) is 9.81 Å². The molecule has 0 aliphatic heterocycles. The average molecular weight is 290 g/mol. The van der Waals surface area contributed by atoms with Gasteiger partial charge in [-0.25, -0.2) is 0 Å². The van der Waals surface area contributed by atoms with Crippen LogP contribution in [0.5, 0.6) is 0 Å². The van der Waals surface area contributed by atoms with Crippen molar-refractivity contribution in [3.05, 3.63) is 42.1 Å². The first-order chi connectivity index (χ1) is 8.17. The Labute approximate surface area is 110 Å². The second-order valence-electron chi connectivity index (χ2n) is 5.31. The topological polar surface area (TPSA) is 12.9 Å². The highest BCUT2D eigenvalue weighted by atomic mass is 79.9. The van der Waals surface area contributed by atoms with Gasteiger partial charge in [0.25, 0.3) is 0 Å². The molecule has 0 bridgehead atoms. The summed E-state index contributed by atoms with van der Waals surface area (Å²) in [6.07, 6.45) is 5.64. The zero-order valence-corrected chi connectivity index (χ0v) is 11.6. The van der Waals surface area contributed by atoms with Crippen LogP contribution in [0.25, 0.3) is 10.9 Å². The molecule has 2 atom stereocenters. The molecule has 2 heteroatoms. The molecule has 1 aromatic heterocycles. The third-order valence-electron chi connectivity index (χ3n) is 3.98. The molecule has 1 aliphatic rings. The van der Waals surface area contributed by atoms with Crippen LogP contribution in [-0.2, 0) is 5.41 Å². The Morgan fingerprint density at radius 1 is 1.35 bits per heavy atom. The van der Waals surface area contributed by atoms with Gasteiger partial charge >= 0.3 is 0 Å². The van der Waals surface area contributed by atoms with Crippen molar-refractivity contribution in [2.75, 3.05) is 0 Å². The molecule has 3 rings (SSSR count). The van der Waals surface area contributed by atoms with Crippen molar-refractivity contribution in [2.45, 2.75) is 36.4 Å². The predicted molar refractivity (Wildman–Crippen MR) is 75.7 cm³/mol. The fraction of sp³-hybridized carbons (Fsp3) is 0.400. The SMILES string of the molecule is CC1(c2ccc3cccnc3c2)CCC(Br)C1. The maximum absolute atomic E-state index is 4.45. The smallest absolute Gasteiger partial charge is 0.0704 e. The Morgan fingerprint density at radius 2 is 2.24 bits per heavy atom. The van der Waals surface area contributed by atoms with Gasteiger partial charge < -0.3 is 0 Å². The van der Waals surface area contributed by atoms with Crippen LogP contribution >= 0.6 is 15.9 Å². The number of pyridine rings is 1. The summed E-state index contributed by atoms with van der Waals surface area (Å²) in [5.41, 5.74) is 2.87. The Morgan fingerprint density at radius 3 is 3.00 bits per heavy atom. The lowest BCUT2D eigenvalue weighted by Crippen LogP contribution is -2.17. The minimum Gasteiger partial charge on any atom is -0.256 e. The molecule has 0 amide bonds. The van der Waals surface area contributed by atoms with E-state index in [1.54, 1.807) is 0 Å². The molecular formula is C15H16BrN. The molecule has 1 saturated carbocycles. The zero-order valence-electron chi connectivity index (χ0n) is 9.99. The van der Waals surface area contributed by atoms with Crippen LogP contribution < -0.4 is 0 Å². The number of hydrogen-bond acceptors (Lipinski definition) is 1. The van der Waals surface area contributed by atoms with Crippen molar-refractivity contribution >= 4 is 26.8 Å². The first-order valence-electron chi connectivity index (χ1n) is 6.17. The minimum absolute atomic E-state index is 0.319. The van der Waals surface area contributed by atoms with Gasteiger partial charge in [-0.15, -0.1) is 0 Å². The van der Waals surface area contributed by atoms with Crippen molar-refractivity contribution in [2.24, 2.45) is 0 Å². The van der Waals surface area contributed by atoms with E-state index in [2.05, 4.69) is 52.1 Å². The summed E-state index contributed by atoms with van der Waals surface area (Å²) in [5.74, 6) is 0. The van der Waals surface area contributed by atoms with Crippen LogP contribution in [0, 0.1) is 0 Å². The molecule has 2 aromatic rings. The number of hydrogen-bond donors (Lipinski definition) is 0. The summed E-state index contributed by atoms with van der Waals surface area (Å²) < 4.78 is 0. The fourth-order valence-electron chi connectivity index (χ4n) is 2.87. The van der Waals surface area contributed by atoms with E-state index in [4.69, 9.17) is 0 Å². The lowest BCUT2D eigenvalue weighted by atomic mass is 9.81. The van der Waals surface area contributed by atoms with Crippen molar-refractivity contribution in [1.82, 2.24) is 4.98 Å². The average Bonchev–Trinajstić information content (AvgIpc) is 2.70. The molecule has 0 radical (unpaired) electrons. The van der Waals surface area contributed by atoms with Gasteiger partial charge in [-0.3, -0.25) is 4.98 Å². The molecule has 1 fully saturated rings. The molecule has 1 aliphatic carbocycles. The quantitative estimate of drug-likeness (QED) is 0.707. The molecule has 1 heterocycles. The van der Waals surface area contributed by atoms with Gasteiger partial charge in [0.1, 0.15) is 0 Å².